The van der Waals surface area contributed by atoms with Crippen molar-refractivity contribution in [3.63, 3.8) is 0 Å². The zero-order valence-electron chi connectivity index (χ0n) is 43.5. The summed E-state index contributed by atoms with van der Waals surface area (Å²) in [6.07, 6.45) is 17.9. The average molecular weight is 981 g/mol. The van der Waals surface area contributed by atoms with Gasteiger partial charge in [-0.2, -0.15) is 0 Å². The summed E-state index contributed by atoms with van der Waals surface area (Å²) in [7, 11) is 0. The molecule has 8 aliphatic carbocycles. The summed E-state index contributed by atoms with van der Waals surface area (Å²) < 4.78 is 39.1. The van der Waals surface area contributed by atoms with Gasteiger partial charge in [0.25, 0.3) is 0 Å². The summed E-state index contributed by atoms with van der Waals surface area (Å²) in [6.45, 7) is 22.2. The summed E-state index contributed by atoms with van der Waals surface area (Å²) in [6, 6.07) is -0.233. The van der Waals surface area contributed by atoms with E-state index in [1.165, 1.54) is 12.0 Å². The number of aliphatic hydroxyl groups is 2. The Labute approximate surface area is 420 Å². The van der Waals surface area contributed by atoms with Gasteiger partial charge in [0.15, 0.2) is 11.7 Å². The molecule has 0 bridgehead atoms. The number of esters is 1. The van der Waals surface area contributed by atoms with Crippen molar-refractivity contribution in [3.05, 3.63) is 58.7 Å². The maximum atomic E-state index is 14.5. The van der Waals surface area contributed by atoms with Gasteiger partial charge in [-0.15, -0.1) is 0 Å². The van der Waals surface area contributed by atoms with Crippen LogP contribution in [0.4, 0.5) is 9.59 Å². The van der Waals surface area contributed by atoms with Crippen molar-refractivity contribution in [2.75, 3.05) is 6.61 Å². The molecule has 4 heterocycles. The Morgan fingerprint density at radius 3 is 2.44 bits per heavy atom. The molecule has 12 aliphatic rings. The third-order valence-corrected chi connectivity index (χ3v) is 21.3. The lowest BCUT2D eigenvalue weighted by Gasteiger charge is -2.53. The van der Waals surface area contributed by atoms with E-state index < -0.39 is 52.8 Å². The Morgan fingerprint density at radius 1 is 0.887 bits per heavy atom. The second kappa shape index (κ2) is 16.3. The molecule has 13 nitrogen and oxygen atoms in total. The summed E-state index contributed by atoms with van der Waals surface area (Å²) in [4.78, 5) is 41.2. The summed E-state index contributed by atoms with van der Waals surface area (Å²) >= 11 is 0. The van der Waals surface area contributed by atoms with Gasteiger partial charge in [0.2, 0.25) is 0 Å². The first-order chi connectivity index (χ1) is 33.6. The zero-order valence-corrected chi connectivity index (χ0v) is 43.5. The number of cyclic esters (lactones) is 1. The normalized spacial score (nSPS) is 48.5. The van der Waals surface area contributed by atoms with Crippen LogP contribution >= 0.6 is 0 Å². The molecule has 2 amide bonds. The number of alkyl carbamates (subject to hydrolysis) is 2. The number of carbonyl (C=O) groups excluding carboxylic acids is 3. The van der Waals surface area contributed by atoms with Gasteiger partial charge in [-0.1, -0.05) is 78.8 Å². The minimum atomic E-state index is -0.847. The van der Waals surface area contributed by atoms with Crippen molar-refractivity contribution < 1.29 is 53.0 Å². The van der Waals surface area contributed by atoms with Crippen molar-refractivity contribution in [2.45, 2.75) is 223 Å². The van der Waals surface area contributed by atoms with E-state index in [1.54, 1.807) is 0 Å². The number of aliphatic hydroxyl groups excluding tert-OH is 2. The van der Waals surface area contributed by atoms with Crippen LogP contribution in [0.1, 0.15) is 152 Å². The molecule has 7 saturated carbocycles. The molecule has 4 N–H and O–H groups in total. The fourth-order valence-electron chi connectivity index (χ4n) is 18.0. The van der Waals surface area contributed by atoms with Gasteiger partial charge in [0.1, 0.15) is 36.1 Å². The third-order valence-electron chi connectivity index (χ3n) is 21.3. The van der Waals surface area contributed by atoms with Gasteiger partial charge in [-0.05, 0) is 166 Å². The number of epoxide rings is 3. The SMILES string of the molecule is C=C1/C(=C\C=C2/CCC[C@@]3(C)C2CCC3[C@@H](C)/C=C/C(OC(=O)NC2CC(C)(C)CC(C)(NC(=O)O[C@@H]3[C@@]4(C(C)C)O[C@H]4[C@@H]4O[C@]45[C@]34O[C@H]4C[C@H]3C4=C(CC[C@@]35C)C(=O)OC4)C2)C2CC2)C[C@@H](O)C[C@@H]1O. The van der Waals surface area contributed by atoms with Gasteiger partial charge < -0.3 is 49.3 Å². The van der Waals surface area contributed by atoms with E-state index in [1.807, 2.05) is 0 Å². The molecule has 0 aromatic rings. The molecule has 388 valence electrons. The maximum absolute atomic E-state index is 14.5. The van der Waals surface area contributed by atoms with E-state index in [-0.39, 0.29) is 64.5 Å². The molecule has 0 aromatic carbocycles. The molecule has 3 saturated heterocycles. The maximum Gasteiger partial charge on any atom is 0.408 e. The molecular weight excluding hydrogens is 901 g/mol. The van der Waals surface area contributed by atoms with Crippen molar-refractivity contribution in [2.24, 2.45) is 51.8 Å². The first kappa shape index (κ1) is 48.4. The van der Waals surface area contributed by atoms with Gasteiger partial charge in [0.05, 0.1) is 18.3 Å². The first-order valence-corrected chi connectivity index (χ1v) is 27.6. The average Bonchev–Trinajstić information content (AvgIpc) is 4.13. The van der Waals surface area contributed by atoms with Crippen LogP contribution in [0.25, 0.3) is 0 Å². The molecule has 10 fully saturated rings. The van der Waals surface area contributed by atoms with Crippen LogP contribution in [-0.2, 0) is 33.2 Å². The predicted molar refractivity (Wildman–Crippen MR) is 263 cm³/mol. The van der Waals surface area contributed by atoms with Crippen LogP contribution in [0.2, 0.25) is 0 Å². The third kappa shape index (κ3) is 7.32. The van der Waals surface area contributed by atoms with Gasteiger partial charge in [-0.25, -0.2) is 14.4 Å². The number of hydrogen-bond acceptors (Lipinski definition) is 11. The quantitative estimate of drug-likeness (QED) is 0.0710. The molecule has 4 aliphatic heterocycles. The molecule has 2 spiro atoms. The Bertz CT molecular complexity index is 2420. The summed E-state index contributed by atoms with van der Waals surface area (Å²) in [5.74, 6) is 1.55. The zero-order chi connectivity index (χ0) is 50.0. The van der Waals surface area contributed by atoms with Crippen LogP contribution in [0.3, 0.4) is 0 Å². The summed E-state index contributed by atoms with van der Waals surface area (Å²) in [5, 5.41) is 27.3. The first-order valence-electron chi connectivity index (χ1n) is 27.6. The van der Waals surface area contributed by atoms with E-state index in [0.717, 1.165) is 73.7 Å². The van der Waals surface area contributed by atoms with Crippen LogP contribution in [0, 0.1) is 51.8 Å². The summed E-state index contributed by atoms with van der Waals surface area (Å²) in [5.41, 5.74) is 1.73. The van der Waals surface area contributed by atoms with Gasteiger partial charge in [0, 0.05) is 29.0 Å². The lowest BCUT2D eigenvalue weighted by Crippen LogP contribution is -2.70. The predicted octanol–water partition coefficient (Wildman–Crippen LogP) is 9.01. The molecule has 5 unspecified atom stereocenters. The largest absolute Gasteiger partial charge is 0.458 e. The van der Waals surface area contributed by atoms with Crippen LogP contribution in [0.5, 0.6) is 0 Å². The standard InChI is InChI=1S/C58H80N2O11/c1-30(2)56-46(70-56)47-58(71-47)55(9)22-20-38-39(28-66-48(38)63)42(55)25-45-57(58,69-45)49(56)68-51(65)60-53(7)27-36(26-52(5,6)29-53)59-50(64)67-44(34-14-15-34)19-12-31(3)40-17-18-41-33(11-10-21-54(40,41)8)13-16-35-23-37(61)24-43(62)32(35)4/h12-13,16,19,30-31,34,36-37,40-47,49,61-62H,4,10-11,14-15,17-18,20-29H2,1-3,5-9H3,(H,59,64)(H,60,65)/b19-12+,33-13+,35-16-/t31-,36?,37+,40?,41?,42-,43-,44?,45-,46-,47-,49+,53?,54+,55-,56-,57+,58+/m0/s1. The molecule has 0 aromatic heterocycles. The molecule has 13 heteroatoms. The topological polar surface area (TPSA) is 181 Å². The molecule has 71 heavy (non-hydrogen) atoms. The number of amides is 2. The van der Waals surface area contributed by atoms with Crippen molar-refractivity contribution in [1.29, 1.82) is 0 Å². The van der Waals surface area contributed by atoms with Crippen LogP contribution in [-0.4, -0.2) is 106 Å². The molecular formula is C58H80N2O11. The lowest BCUT2D eigenvalue weighted by atomic mass is 9.46. The van der Waals surface area contributed by atoms with Crippen LogP contribution < -0.4 is 10.6 Å². The highest BCUT2D eigenvalue weighted by Gasteiger charge is 3.01. The van der Waals surface area contributed by atoms with E-state index in [2.05, 4.69) is 96.9 Å². The fraction of sp³-hybridized carbons (Fsp3) is 0.776. The van der Waals surface area contributed by atoms with Crippen molar-refractivity contribution in [1.82, 2.24) is 10.6 Å². The fourth-order valence-corrected chi connectivity index (χ4v) is 18.0. The molecule has 18 atom stereocenters. The highest BCUT2D eigenvalue weighted by molar-refractivity contribution is 5.92. The minimum Gasteiger partial charge on any atom is -0.458 e. The Hall–Kier alpha value is -3.49. The number of ether oxygens (including phenoxy) is 6. The van der Waals surface area contributed by atoms with Crippen LogP contribution in [0.15, 0.2) is 58.7 Å². The van der Waals surface area contributed by atoms with Crippen molar-refractivity contribution in [3.8, 4) is 0 Å². The molecule has 12 rings (SSSR count). The molecule has 0 radical (unpaired) electrons. The van der Waals surface area contributed by atoms with E-state index >= 15 is 0 Å². The second-order valence-corrected chi connectivity index (χ2v) is 26.7. The number of allylic oxidation sites excluding steroid dienone is 4. The number of fused-ring (bicyclic) bond motifs is 5. The number of hydrogen-bond donors (Lipinski definition) is 4. The van der Waals surface area contributed by atoms with Crippen molar-refractivity contribution >= 4 is 18.2 Å². The van der Waals surface area contributed by atoms with E-state index in [0.29, 0.717) is 68.8 Å². The van der Waals surface area contributed by atoms with Gasteiger partial charge in [-0.3, -0.25) is 0 Å². The smallest absolute Gasteiger partial charge is 0.408 e. The van der Waals surface area contributed by atoms with E-state index in [9.17, 15) is 24.6 Å². The second-order valence-electron chi connectivity index (χ2n) is 26.7. The Balaban J connectivity index is 0.697. The van der Waals surface area contributed by atoms with E-state index in [4.69, 9.17) is 28.4 Å². The number of nitrogens with one attached hydrogen (secondary N) is 2. The Kier molecular flexibility index (Phi) is 11.1. The minimum absolute atomic E-state index is 0.0390. The highest BCUT2D eigenvalue weighted by Crippen LogP contribution is 2.83. The monoisotopic (exact) mass is 981 g/mol. The lowest BCUT2D eigenvalue weighted by molar-refractivity contribution is -0.136. The number of rotatable bonds is 10. The Morgan fingerprint density at radius 2 is 1.68 bits per heavy atom. The van der Waals surface area contributed by atoms with Gasteiger partial charge >= 0.3 is 18.2 Å². The highest BCUT2D eigenvalue weighted by atomic mass is 16.8. The number of carbonyl (C=O) groups is 3.